The zero-order valence-corrected chi connectivity index (χ0v) is 13.5. The number of carbonyl (C=O) groups is 3. The van der Waals surface area contributed by atoms with E-state index in [-0.39, 0.29) is 11.1 Å². The van der Waals surface area contributed by atoms with Crippen molar-refractivity contribution in [1.82, 2.24) is 0 Å². The normalized spacial score (nSPS) is 10.3. The van der Waals surface area contributed by atoms with Crippen molar-refractivity contribution in [2.45, 2.75) is 0 Å². The first kappa shape index (κ1) is 17.1. The summed E-state index contributed by atoms with van der Waals surface area (Å²) < 4.78 is 0. The van der Waals surface area contributed by atoms with Crippen LogP contribution in [-0.2, 0) is 0 Å². The maximum Gasteiger partial charge on any atom is 0.335 e. The molecule has 0 atom stereocenters. The number of carbonyl (C=O) groups excluding carboxylic acids is 1. The van der Waals surface area contributed by atoms with E-state index in [2.05, 4.69) is 0 Å². The largest absolute Gasteiger partial charge is 0.478 e. The second-order valence-corrected chi connectivity index (χ2v) is 5.69. The summed E-state index contributed by atoms with van der Waals surface area (Å²) in [4.78, 5) is 33.4. The van der Waals surface area contributed by atoms with E-state index in [0.717, 1.165) is 16.7 Å². The number of benzene rings is 3. The van der Waals surface area contributed by atoms with Crippen LogP contribution in [-0.4, -0.2) is 28.4 Å². The van der Waals surface area contributed by atoms with Gasteiger partial charge in [0.25, 0.3) is 0 Å². The molecule has 0 spiro atoms. The zero-order chi connectivity index (χ0) is 18.7. The molecule has 0 heterocycles. The molecule has 0 bridgehead atoms. The van der Waals surface area contributed by atoms with E-state index in [0.29, 0.717) is 17.4 Å². The van der Waals surface area contributed by atoms with Gasteiger partial charge < -0.3 is 10.2 Å². The minimum atomic E-state index is -1.09. The fourth-order valence-corrected chi connectivity index (χ4v) is 2.73. The molecule has 0 radical (unpaired) electrons. The summed E-state index contributed by atoms with van der Waals surface area (Å²) in [6, 6.07) is 18.3. The molecule has 26 heavy (non-hydrogen) atoms. The topological polar surface area (TPSA) is 91.7 Å². The van der Waals surface area contributed by atoms with Crippen LogP contribution in [0.15, 0.2) is 66.7 Å². The Kier molecular flexibility index (Phi) is 4.62. The first-order valence-electron chi connectivity index (χ1n) is 7.76. The van der Waals surface area contributed by atoms with Crippen molar-refractivity contribution in [3.8, 4) is 22.3 Å². The van der Waals surface area contributed by atoms with Crippen LogP contribution in [0, 0.1) is 0 Å². The molecule has 0 aliphatic heterocycles. The minimum Gasteiger partial charge on any atom is -0.478 e. The summed E-state index contributed by atoms with van der Waals surface area (Å²) in [5, 5.41) is 18.0. The summed E-state index contributed by atoms with van der Waals surface area (Å²) in [7, 11) is 0. The zero-order valence-electron chi connectivity index (χ0n) is 13.5. The van der Waals surface area contributed by atoms with Gasteiger partial charge in [0.2, 0.25) is 0 Å². The Hall–Kier alpha value is -3.73. The average molecular weight is 346 g/mol. The molecule has 5 nitrogen and oxygen atoms in total. The molecule has 0 saturated heterocycles. The van der Waals surface area contributed by atoms with Crippen LogP contribution >= 0.6 is 0 Å². The van der Waals surface area contributed by atoms with E-state index in [1.165, 1.54) is 24.3 Å². The molecule has 0 unspecified atom stereocenters. The van der Waals surface area contributed by atoms with Crippen molar-refractivity contribution in [3.63, 3.8) is 0 Å². The highest BCUT2D eigenvalue weighted by atomic mass is 16.4. The fourth-order valence-electron chi connectivity index (χ4n) is 2.73. The lowest BCUT2D eigenvalue weighted by molar-refractivity contribution is 0.0686. The van der Waals surface area contributed by atoms with Gasteiger partial charge in [0.15, 0.2) is 6.29 Å². The van der Waals surface area contributed by atoms with E-state index in [4.69, 9.17) is 10.2 Å². The molecule has 3 rings (SSSR count). The van der Waals surface area contributed by atoms with E-state index < -0.39 is 11.9 Å². The van der Waals surface area contributed by atoms with Crippen LogP contribution in [0.3, 0.4) is 0 Å². The first-order valence-corrected chi connectivity index (χ1v) is 7.76. The number of aldehydes is 1. The van der Waals surface area contributed by atoms with Gasteiger partial charge in [-0.3, -0.25) is 4.79 Å². The molecule has 3 aromatic rings. The molecule has 128 valence electrons. The van der Waals surface area contributed by atoms with E-state index in [1.54, 1.807) is 18.2 Å². The number of hydrogen-bond donors (Lipinski definition) is 2. The van der Waals surface area contributed by atoms with E-state index in [9.17, 15) is 14.4 Å². The van der Waals surface area contributed by atoms with Gasteiger partial charge in [-0.25, -0.2) is 9.59 Å². The highest BCUT2D eigenvalue weighted by molar-refractivity contribution is 5.95. The second-order valence-electron chi connectivity index (χ2n) is 5.69. The van der Waals surface area contributed by atoms with Crippen LogP contribution < -0.4 is 0 Å². The predicted octanol–water partition coefficient (Wildman–Crippen LogP) is 4.23. The fraction of sp³-hybridized carbons (Fsp3) is 0. The monoisotopic (exact) mass is 346 g/mol. The Morgan fingerprint density at radius 2 is 1.31 bits per heavy atom. The summed E-state index contributed by atoms with van der Waals surface area (Å²) in [6.45, 7) is 0. The van der Waals surface area contributed by atoms with Gasteiger partial charge in [-0.1, -0.05) is 36.4 Å². The molecule has 2 N–H and O–H groups in total. The van der Waals surface area contributed by atoms with Gasteiger partial charge in [0, 0.05) is 5.56 Å². The van der Waals surface area contributed by atoms with Crippen LogP contribution in [0.1, 0.15) is 31.1 Å². The quantitative estimate of drug-likeness (QED) is 0.675. The standard InChI is InChI=1S/C21H14O5/c22-12-18-11-17(21(25)26)8-9-19(18)16-3-1-2-15(10-16)13-4-6-14(7-5-13)20(23)24/h1-12H,(H,23,24)(H,25,26). The molecular weight excluding hydrogens is 332 g/mol. The second kappa shape index (κ2) is 7.03. The summed E-state index contributed by atoms with van der Waals surface area (Å²) >= 11 is 0. The van der Waals surface area contributed by atoms with Gasteiger partial charge in [-0.2, -0.15) is 0 Å². The summed E-state index contributed by atoms with van der Waals surface area (Å²) in [5.74, 6) is -2.08. The Labute approximate surface area is 149 Å². The molecule has 0 amide bonds. The van der Waals surface area contributed by atoms with E-state index in [1.807, 2.05) is 24.3 Å². The van der Waals surface area contributed by atoms with Gasteiger partial charge in [-0.05, 0) is 52.6 Å². The van der Waals surface area contributed by atoms with Crippen LogP contribution in [0.4, 0.5) is 0 Å². The number of carboxylic acids is 2. The highest BCUT2D eigenvalue weighted by Crippen LogP contribution is 2.29. The van der Waals surface area contributed by atoms with Crippen LogP contribution in [0.2, 0.25) is 0 Å². The number of rotatable bonds is 5. The molecule has 0 saturated carbocycles. The molecule has 0 aromatic heterocycles. The van der Waals surface area contributed by atoms with Crippen molar-refractivity contribution in [2.24, 2.45) is 0 Å². The minimum absolute atomic E-state index is 0.0521. The molecule has 3 aromatic carbocycles. The SMILES string of the molecule is O=Cc1cc(C(=O)O)ccc1-c1cccc(-c2ccc(C(=O)O)cc2)c1. The Balaban J connectivity index is 2.03. The Morgan fingerprint density at radius 3 is 1.92 bits per heavy atom. The van der Waals surface area contributed by atoms with Crippen molar-refractivity contribution in [1.29, 1.82) is 0 Å². The van der Waals surface area contributed by atoms with Crippen molar-refractivity contribution in [2.75, 3.05) is 0 Å². The van der Waals surface area contributed by atoms with Crippen molar-refractivity contribution >= 4 is 18.2 Å². The molecule has 5 heteroatoms. The van der Waals surface area contributed by atoms with Gasteiger partial charge >= 0.3 is 11.9 Å². The third-order valence-electron chi connectivity index (χ3n) is 4.06. The summed E-state index contributed by atoms with van der Waals surface area (Å²) in [5.41, 5.74) is 3.65. The lowest BCUT2D eigenvalue weighted by Crippen LogP contribution is -1.98. The highest BCUT2D eigenvalue weighted by Gasteiger charge is 2.11. The number of hydrogen-bond acceptors (Lipinski definition) is 3. The third-order valence-corrected chi connectivity index (χ3v) is 4.06. The van der Waals surface area contributed by atoms with Crippen molar-refractivity contribution in [3.05, 3.63) is 83.4 Å². The summed E-state index contributed by atoms with van der Waals surface area (Å²) in [6.07, 6.45) is 0.635. The van der Waals surface area contributed by atoms with Gasteiger partial charge in [-0.15, -0.1) is 0 Å². The van der Waals surface area contributed by atoms with Gasteiger partial charge in [0.1, 0.15) is 0 Å². The van der Waals surface area contributed by atoms with Crippen LogP contribution in [0.25, 0.3) is 22.3 Å². The predicted molar refractivity (Wildman–Crippen MR) is 96.6 cm³/mol. The maximum atomic E-state index is 11.4. The first-order chi connectivity index (χ1) is 12.5. The molecule has 0 aliphatic carbocycles. The number of aromatic carboxylic acids is 2. The molecule has 0 fully saturated rings. The van der Waals surface area contributed by atoms with Crippen LogP contribution in [0.5, 0.6) is 0 Å². The lowest BCUT2D eigenvalue weighted by atomic mass is 9.95. The average Bonchev–Trinajstić information content (AvgIpc) is 2.67. The third kappa shape index (κ3) is 3.37. The Bertz CT molecular complexity index is 1000. The smallest absolute Gasteiger partial charge is 0.335 e. The lowest BCUT2D eigenvalue weighted by Gasteiger charge is -2.09. The van der Waals surface area contributed by atoms with Crippen molar-refractivity contribution < 1.29 is 24.6 Å². The number of carboxylic acid groups (broad SMARTS) is 2. The maximum absolute atomic E-state index is 11.4. The Morgan fingerprint density at radius 1 is 0.692 bits per heavy atom. The molecular formula is C21H14O5. The van der Waals surface area contributed by atoms with Gasteiger partial charge in [0.05, 0.1) is 11.1 Å². The van der Waals surface area contributed by atoms with E-state index >= 15 is 0 Å². The molecule has 0 aliphatic rings.